The van der Waals surface area contributed by atoms with Crippen LogP contribution in [0.3, 0.4) is 0 Å². The molecule has 57 heavy (non-hydrogen) atoms. The number of aromatic amines is 2. The zero-order chi connectivity index (χ0) is 40.5. The number of methoxy groups -OCH3 is 2. The Hall–Kier alpha value is -5.66. The molecule has 2 aromatic heterocycles. The molecule has 4 amide bonds. The quantitative estimate of drug-likeness (QED) is 0.123. The lowest BCUT2D eigenvalue weighted by Gasteiger charge is -2.35. The summed E-state index contributed by atoms with van der Waals surface area (Å²) in [5.41, 5.74) is 9.69. The van der Waals surface area contributed by atoms with Crippen LogP contribution in [0.1, 0.15) is 89.0 Å². The molecule has 6 atom stereocenters. The van der Waals surface area contributed by atoms with Gasteiger partial charge in [0.2, 0.25) is 11.8 Å². The Morgan fingerprint density at radius 1 is 0.825 bits per heavy atom. The second-order valence-corrected chi connectivity index (χ2v) is 16.3. The van der Waals surface area contributed by atoms with Gasteiger partial charge in [-0.25, -0.2) is 30.0 Å². The van der Waals surface area contributed by atoms with Gasteiger partial charge in [0.15, 0.2) is 0 Å². The minimum atomic E-state index is -0.689. The maximum Gasteiger partial charge on any atom is 0.425 e. The predicted octanol–water partition coefficient (Wildman–Crippen LogP) is 7.12. The highest BCUT2D eigenvalue weighted by atomic mass is 16.5. The second kappa shape index (κ2) is 16.4. The number of amides is 4. The number of hydrazine groups is 1. The van der Waals surface area contributed by atoms with Gasteiger partial charge in [-0.2, -0.15) is 0 Å². The first-order valence-electron chi connectivity index (χ1n) is 20.0. The fraction of sp³-hybridized carbons (Fsp3) is 0.488. The monoisotopic (exact) mass is 778 g/mol. The number of carbonyl (C=O) groups is 4. The molecule has 14 heteroatoms. The number of nitrogens with one attached hydrogen (secondary N) is 4. The van der Waals surface area contributed by atoms with Crippen molar-refractivity contribution in [2.75, 3.05) is 20.8 Å². The number of alkyl carbamates (subject to hydrolysis) is 1. The van der Waals surface area contributed by atoms with Gasteiger partial charge in [0.1, 0.15) is 17.7 Å². The van der Waals surface area contributed by atoms with Crippen molar-refractivity contribution in [2.45, 2.75) is 90.8 Å². The molecule has 302 valence electrons. The molecule has 2 saturated carbocycles. The van der Waals surface area contributed by atoms with Crippen LogP contribution in [0.2, 0.25) is 0 Å². The Labute approximate surface area is 333 Å². The van der Waals surface area contributed by atoms with Crippen LogP contribution in [-0.2, 0) is 19.1 Å². The zero-order valence-electron chi connectivity index (χ0n) is 33.8. The van der Waals surface area contributed by atoms with Gasteiger partial charge >= 0.3 is 12.2 Å². The number of hydrogen-bond donors (Lipinski definition) is 4. The van der Waals surface area contributed by atoms with Gasteiger partial charge in [-0.1, -0.05) is 50.2 Å². The molecule has 2 aliphatic carbocycles. The Kier molecular flexibility index (Phi) is 11.4. The largest absolute Gasteiger partial charge is 0.453 e. The first-order chi connectivity index (χ1) is 27.4. The predicted molar refractivity (Wildman–Crippen MR) is 214 cm³/mol. The SMILES string of the molecule is COC(=O)N[C@H](C(=O)N1CCC[C@H]1c1ncc(-c2ccc(-c3ccc(-c4cnc(C5C6CCC(C6)[C@@H]5C(=O)N(NC(=O)OC)C(C)C)[nH]4)cc3)c(C)c2)[nH]1)C(C)C. The first kappa shape index (κ1) is 39.6. The summed E-state index contributed by atoms with van der Waals surface area (Å²) in [6, 6.07) is 13.6. The van der Waals surface area contributed by atoms with Crippen molar-refractivity contribution in [3.8, 4) is 33.6 Å². The molecule has 3 heterocycles. The summed E-state index contributed by atoms with van der Waals surface area (Å²) in [5.74, 6) is 1.49. The summed E-state index contributed by atoms with van der Waals surface area (Å²) in [6.07, 6.45) is 7.06. The van der Waals surface area contributed by atoms with Crippen molar-refractivity contribution in [1.82, 2.24) is 40.6 Å². The molecule has 1 aliphatic heterocycles. The van der Waals surface area contributed by atoms with Crippen LogP contribution in [0.4, 0.5) is 9.59 Å². The molecule has 2 aromatic carbocycles. The third kappa shape index (κ3) is 7.86. The Morgan fingerprint density at radius 3 is 2.12 bits per heavy atom. The third-order valence-corrected chi connectivity index (χ3v) is 12.1. The number of imidazole rings is 2. The van der Waals surface area contributed by atoms with Crippen LogP contribution < -0.4 is 10.7 Å². The van der Waals surface area contributed by atoms with Crippen LogP contribution in [-0.4, -0.2) is 86.7 Å². The van der Waals surface area contributed by atoms with Gasteiger partial charge in [-0.15, -0.1) is 0 Å². The minimum absolute atomic E-state index is 0.0516. The van der Waals surface area contributed by atoms with E-state index in [1.165, 1.54) is 19.2 Å². The number of likely N-dealkylation sites (tertiary alicyclic amines) is 1. The number of aryl methyl sites for hydroxylation is 1. The highest BCUT2D eigenvalue weighted by Gasteiger charge is 2.54. The van der Waals surface area contributed by atoms with Crippen molar-refractivity contribution in [3.05, 3.63) is 72.1 Å². The van der Waals surface area contributed by atoms with Gasteiger partial charge in [0, 0.05) is 18.5 Å². The average molecular weight is 779 g/mol. The molecule has 14 nitrogen and oxygen atoms in total. The van der Waals surface area contributed by atoms with E-state index in [1.54, 1.807) is 0 Å². The van der Waals surface area contributed by atoms with E-state index in [1.807, 2.05) is 45.0 Å². The number of H-pyrrole nitrogens is 2. The summed E-state index contributed by atoms with van der Waals surface area (Å²) in [6.45, 7) is 10.3. The maximum atomic E-state index is 13.9. The normalized spacial score (nSPS) is 21.8. The van der Waals surface area contributed by atoms with Gasteiger partial charge < -0.3 is 29.7 Å². The smallest absolute Gasteiger partial charge is 0.425 e. The molecule has 3 fully saturated rings. The van der Waals surface area contributed by atoms with Gasteiger partial charge in [0.05, 0.1) is 50.0 Å². The summed E-state index contributed by atoms with van der Waals surface area (Å²) in [5, 5.41) is 4.12. The molecule has 2 bridgehead atoms. The molecular weight excluding hydrogens is 725 g/mol. The molecule has 3 aliphatic rings. The van der Waals surface area contributed by atoms with Gasteiger partial charge in [0.25, 0.3) is 0 Å². The van der Waals surface area contributed by atoms with Crippen LogP contribution in [0, 0.1) is 30.6 Å². The summed E-state index contributed by atoms with van der Waals surface area (Å²) >= 11 is 0. The van der Waals surface area contributed by atoms with Crippen molar-refractivity contribution in [3.63, 3.8) is 0 Å². The molecular formula is C43H54N8O6. The van der Waals surface area contributed by atoms with E-state index in [2.05, 4.69) is 70.1 Å². The molecule has 1 saturated heterocycles. The van der Waals surface area contributed by atoms with E-state index >= 15 is 0 Å². The lowest BCUT2D eigenvalue weighted by Crippen LogP contribution is -2.53. The lowest BCUT2D eigenvalue weighted by atomic mass is 9.78. The van der Waals surface area contributed by atoms with Crippen molar-refractivity contribution < 1.29 is 28.7 Å². The Morgan fingerprint density at radius 2 is 1.46 bits per heavy atom. The van der Waals surface area contributed by atoms with E-state index < -0.39 is 18.2 Å². The van der Waals surface area contributed by atoms with E-state index in [4.69, 9.17) is 19.4 Å². The number of aromatic nitrogens is 4. The number of ether oxygens (including phenoxy) is 2. The van der Waals surface area contributed by atoms with Crippen molar-refractivity contribution >= 4 is 24.0 Å². The summed E-state index contributed by atoms with van der Waals surface area (Å²) in [4.78, 5) is 70.0. The van der Waals surface area contributed by atoms with E-state index in [-0.39, 0.29) is 47.6 Å². The summed E-state index contributed by atoms with van der Waals surface area (Å²) in [7, 11) is 2.58. The second-order valence-electron chi connectivity index (χ2n) is 16.3. The van der Waals surface area contributed by atoms with E-state index in [9.17, 15) is 19.2 Å². The van der Waals surface area contributed by atoms with Crippen LogP contribution in [0.25, 0.3) is 33.6 Å². The molecule has 3 unspecified atom stereocenters. The van der Waals surface area contributed by atoms with Gasteiger partial charge in [-0.3, -0.25) is 9.59 Å². The zero-order valence-corrected chi connectivity index (χ0v) is 33.8. The topological polar surface area (TPSA) is 175 Å². The van der Waals surface area contributed by atoms with Gasteiger partial charge in [-0.05, 0) is 105 Å². The highest BCUT2D eigenvalue weighted by Crippen LogP contribution is 2.56. The number of benzene rings is 2. The third-order valence-electron chi connectivity index (χ3n) is 12.1. The maximum absolute atomic E-state index is 13.9. The molecule has 7 rings (SSSR count). The Balaban J connectivity index is 1.04. The molecule has 0 radical (unpaired) electrons. The fourth-order valence-electron chi connectivity index (χ4n) is 9.27. The number of nitrogens with zero attached hydrogens (tertiary/aromatic N) is 4. The number of carbonyl (C=O) groups excluding carboxylic acids is 4. The summed E-state index contributed by atoms with van der Waals surface area (Å²) < 4.78 is 9.56. The van der Waals surface area contributed by atoms with Crippen molar-refractivity contribution in [1.29, 1.82) is 0 Å². The van der Waals surface area contributed by atoms with Crippen LogP contribution >= 0.6 is 0 Å². The number of hydrogen-bond acceptors (Lipinski definition) is 8. The van der Waals surface area contributed by atoms with Crippen LogP contribution in [0.5, 0.6) is 0 Å². The number of rotatable bonds is 10. The van der Waals surface area contributed by atoms with E-state index in [0.717, 1.165) is 83.0 Å². The Bertz CT molecular complexity index is 2110. The standard InChI is InChI=1S/C43H54N8O6/c1-23(2)37(48-42(54)56-6)41(53)50-18-8-9-34(50)38-44-22-33(46-38)28-16-17-31(25(5)19-28)26-10-12-27(13-11-26)32-21-45-39(47-32)35-29-14-15-30(20-29)36(35)40(52)51(24(3)4)49-43(55)57-7/h10-13,16-17,19,21-24,29-30,34-37H,8-9,14-15,18,20H2,1-7H3,(H,44,46)(H,45,47)(H,48,54)(H,49,55)/t29?,30?,34-,35?,36-,37-/m0/s1. The number of fused-ring (bicyclic) bond motifs is 2. The van der Waals surface area contributed by atoms with Crippen molar-refractivity contribution in [2.24, 2.45) is 23.7 Å². The highest BCUT2D eigenvalue weighted by molar-refractivity contribution is 5.86. The van der Waals surface area contributed by atoms with Crippen LogP contribution in [0.15, 0.2) is 54.9 Å². The average Bonchev–Trinajstić information content (AvgIpc) is 4.06. The molecule has 0 spiro atoms. The fourth-order valence-corrected chi connectivity index (χ4v) is 9.27. The minimum Gasteiger partial charge on any atom is -0.453 e. The van der Waals surface area contributed by atoms with E-state index in [0.29, 0.717) is 12.5 Å². The molecule has 4 N–H and O–H groups in total. The molecule has 4 aromatic rings. The lowest BCUT2D eigenvalue weighted by molar-refractivity contribution is -0.143. The first-order valence-corrected chi connectivity index (χ1v) is 20.0.